The van der Waals surface area contributed by atoms with Gasteiger partial charge in [-0.05, 0) is 39.9 Å². The topological polar surface area (TPSA) is 66.8 Å². The number of benzene rings is 3. The maximum Gasteiger partial charge on any atom is 0.409 e. The molecule has 0 saturated carbocycles. The maximum atomic E-state index is 12.9. The molecule has 0 unspecified atom stereocenters. The van der Waals surface area contributed by atoms with Gasteiger partial charge in [0.2, 0.25) is 0 Å². The Morgan fingerprint density at radius 2 is 1.59 bits per heavy atom. The van der Waals surface area contributed by atoms with Gasteiger partial charge in [0.25, 0.3) is 0 Å². The predicted octanol–water partition coefficient (Wildman–Crippen LogP) is 5.50. The van der Waals surface area contributed by atoms with Crippen molar-refractivity contribution >= 4 is 28.0 Å². The molecule has 2 atom stereocenters. The smallest absolute Gasteiger partial charge is 0.409 e. The monoisotopic (exact) mass is 491 g/mol. The molecule has 1 aliphatic carbocycles. The molecule has 1 aliphatic heterocycles. The van der Waals surface area contributed by atoms with E-state index >= 15 is 0 Å². The van der Waals surface area contributed by atoms with E-state index in [1.54, 1.807) is 0 Å². The molecule has 162 valence electrons. The highest BCUT2D eigenvalue weighted by molar-refractivity contribution is 9.10. The summed E-state index contributed by atoms with van der Waals surface area (Å²) in [5, 5.41) is 9.74. The summed E-state index contributed by atoms with van der Waals surface area (Å²) < 4.78 is 6.63. The number of aliphatic carboxylic acids is 1. The minimum Gasteiger partial charge on any atom is -0.481 e. The van der Waals surface area contributed by atoms with Crippen LogP contribution in [-0.2, 0) is 9.53 Å². The first-order valence-corrected chi connectivity index (χ1v) is 11.4. The standard InChI is InChI=1S/C26H22BrNO4/c27-17-7-5-6-16(12-17)22-13-28(14-23(22)25(29)30)26(31)32-15-24-20-10-3-1-8-18(20)19-9-2-4-11-21(19)24/h1-12,22-24H,13-15H2,(H,29,30)/t22-,23+/m0/s1. The quantitative estimate of drug-likeness (QED) is 0.523. The summed E-state index contributed by atoms with van der Waals surface area (Å²) in [6.45, 7) is 0.690. The zero-order chi connectivity index (χ0) is 22.2. The molecule has 5 nitrogen and oxygen atoms in total. The summed E-state index contributed by atoms with van der Waals surface area (Å²) in [4.78, 5) is 26.4. The lowest BCUT2D eigenvalue weighted by molar-refractivity contribution is -0.141. The van der Waals surface area contributed by atoms with Crippen LogP contribution in [0.15, 0.2) is 77.3 Å². The first kappa shape index (κ1) is 20.8. The number of ether oxygens (including phenoxy) is 1. The van der Waals surface area contributed by atoms with Crippen LogP contribution in [0.25, 0.3) is 11.1 Å². The van der Waals surface area contributed by atoms with Crippen molar-refractivity contribution in [3.8, 4) is 11.1 Å². The van der Waals surface area contributed by atoms with Crippen LogP contribution < -0.4 is 0 Å². The number of rotatable bonds is 4. The van der Waals surface area contributed by atoms with Crippen LogP contribution in [0.4, 0.5) is 4.79 Å². The van der Waals surface area contributed by atoms with Gasteiger partial charge in [0.15, 0.2) is 0 Å². The lowest BCUT2D eigenvalue weighted by atomic mass is 9.89. The highest BCUT2D eigenvalue weighted by Crippen LogP contribution is 2.44. The summed E-state index contributed by atoms with van der Waals surface area (Å²) >= 11 is 3.45. The fourth-order valence-corrected chi connectivity index (χ4v) is 5.38. The molecule has 1 N–H and O–H groups in total. The van der Waals surface area contributed by atoms with Crippen molar-refractivity contribution in [2.75, 3.05) is 19.7 Å². The van der Waals surface area contributed by atoms with Gasteiger partial charge in [-0.3, -0.25) is 4.79 Å². The molecule has 6 heteroatoms. The normalized spacial score (nSPS) is 19.5. The molecule has 1 amide bonds. The van der Waals surface area contributed by atoms with Crippen LogP contribution >= 0.6 is 15.9 Å². The van der Waals surface area contributed by atoms with E-state index in [2.05, 4.69) is 40.2 Å². The predicted molar refractivity (Wildman–Crippen MR) is 125 cm³/mol. The summed E-state index contributed by atoms with van der Waals surface area (Å²) in [5.74, 6) is -1.86. The molecular formula is C26H22BrNO4. The Bertz CT molecular complexity index is 1150. The third-order valence-corrected chi connectivity index (χ3v) is 7.00. The van der Waals surface area contributed by atoms with Crippen molar-refractivity contribution in [2.45, 2.75) is 11.8 Å². The van der Waals surface area contributed by atoms with E-state index < -0.39 is 18.0 Å². The Labute approximate surface area is 194 Å². The third kappa shape index (κ3) is 3.69. The molecule has 0 bridgehead atoms. The lowest BCUT2D eigenvalue weighted by Gasteiger charge is -2.19. The Balaban J connectivity index is 1.32. The number of halogens is 1. The molecule has 3 aromatic carbocycles. The Morgan fingerprint density at radius 1 is 0.938 bits per heavy atom. The maximum absolute atomic E-state index is 12.9. The van der Waals surface area contributed by atoms with Crippen molar-refractivity contribution in [1.82, 2.24) is 4.90 Å². The second-order valence-electron chi connectivity index (χ2n) is 8.32. The van der Waals surface area contributed by atoms with Gasteiger partial charge in [0.05, 0.1) is 5.92 Å². The zero-order valence-electron chi connectivity index (χ0n) is 17.3. The number of carboxylic acid groups (broad SMARTS) is 1. The average molecular weight is 492 g/mol. The van der Waals surface area contributed by atoms with Gasteiger partial charge in [-0.1, -0.05) is 76.6 Å². The van der Waals surface area contributed by atoms with Gasteiger partial charge in [-0.25, -0.2) is 4.79 Å². The number of carboxylic acids is 1. The van der Waals surface area contributed by atoms with Gasteiger partial charge in [0, 0.05) is 29.4 Å². The largest absolute Gasteiger partial charge is 0.481 e. The lowest BCUT2D eigenvalue weighted by Crippen LogP contribution is -2.31. The Kier molecular flexibility index (Phi) is 5.47. The van der Waals surface area contributed by atoms with E-state index in [0.717, 1.165) is 21.2 Å². The zero-order valence-corrected chi connectivity index (χ0v) is 18.9. The molecule has 1 saturated heterocycles. The summed E-state index contributed by atoms with van der Waals surface area (Å²) in [7, 11) is 0. The highest BCUT2D eigenvalue weighted by Gasteiger charge is 2.41. The molecule has 32 heavy (non-hydrogen) atoms. The second kappa shape index (κ2) is 8.43. The van der Waals surface area contributed by atoms with Crippen molar-refractivity contribution < 1.29 is 19.4 Å². The number of hydrogen-bond donors (Lipinski definition) is 1. The fourth-order valence-electron chi connectivity index (χ4n) is 4.96. The number of likely N-dealkylation sites (tertiary alicyclic amines) is 1. The van der Waals surface area contributed by atoms with Gasteiger partial charge in [-0.15, -0.1) is 0 Å². The first-order valence-electron chi connectivity index (χ1n) is 10.6. The first-order chi connectivity index (χ1) is 15.5. The third-order valence-electron chi connectivity index (χ3n) is 6.51. The van der Waals surface area contributed by atoms with E-state index in [1.165, 1.54) is 16.0 Å². The molecule has 0 aromatic heterocycles. The van der Waals surface area contributed by atoms with Crippen molar-refractivity contribution in [3.63, 3.8) is 0 Å². The molecule has 5 rings (SSSR count). The number of hydrogen-bond acceptors (Lipinski definition) is 3. The molecule has 2 aliphatic rings. The van der Waals surface area contributed by atoms with E-state index in [4.69, 9.17) is 4.74 Å². The molecule has 0 spiro atoms. The van der Waals surface area contributed by atoms with Crippen LogP contribution in [0.1, 0.15) is 28.5 Å². The molecule has 0 radical (unpaired) electrons. The molecular weight excluding hydrogens is 470 g/mol. The molecule has 1 fully saturated rings. The minimum atomic E-state index is -0.899. The Hall–Kier alpha value is -3.12. The average Bonchev–Trinajstić information content (AvgIpc) is 3.38. The molecule has 3 aromatic rings. The van der Waals surface area contributed by atoms with E-state index in [0.29, 0.717) is 6.54 Å². The van der Waals surface area contributed by atoms with Crippen molar-refractivity contribution in [3.05, 3.63) is 94.0 Å². The second-order valence-corrected chi connectivity index (χ2v) is 9.23. The SMILES string of the molecule is O=C(O)[C@@H]1CN(C(=O)OCC2c3ccccc3-c3ccccc32)C[C@H]1c1cccc(Br)c1. The number of nitrogens with zero attached hydrogens (tertiary/aromatic N) is 1. The number of carbonyl (C=O) groups excluding carboxylic acids is 1. The van der Waals surface area contributed by atoms with E-state index in [-0.39, 0.29) is 25.0 Å². The van der Waals surface area contributed by atoms with Crippen molar-refractivity contribution in [1.29, 1.82) is 0 Å². The number of amides is 1. The van der Waals surface area contributed by atoms with Crippen LogP contribution in [-0.4, -0.2) is 41.8 Å². The Morgan fingerprint density at radius 3 is 2.22 bits per heavy atom. The van der Waals surface area contributed by atoms with Crippen LogP contribution in [0.5, 0.6) is 0 Å². The van der Waals surface area contributed by atoms with Crippen molar-refractivity contribution in [2.24, 2.45) is 5.92 Å². The van der Waals surface area contributed by atoms with Crippen LogP contribution in [0.3, 0.4) is 0 Å². The van der Waals surface area contributed by atoms with Crippen LogP contribution in [0, 0.1) is 5.92 Å². The minimum absolute atomic E-state index is 0.0231. The summed E-state index contributed by atoms with van der Waals surface area (Å²) in [6.07, 6.45) is -0.462. The summed E-state index contributed by atoms with van der Waals surface area (Å²) in [6, 6.07) is 24.0. The van der Waals surface area contributed by atoms with Gasteiger partial charge >= 0.3 is 12.1 Å². The number of fused-ring (bicyclic) bond motifs is 3. The van der Waals surface area contributed by atoms with Gasteiger partial charge in [0.1, 0.15) is 6.61 Å². The van der Waals surface area contributed by atoms with Crippen LogP contribution in [0.2, 0.25) is 0 Å². The van der Waals surface area contributed by atoms with Gasteiger partial charge in [-0.2, -0.15) is 0 Å². The number of carbonyl (C=O) groups is 2. The van der Waals surface area contributed by atoms with Gasteiger partial charge < -0.3 is 14.7 Å². The highest BCUT2D eigenvalue weighted by atomic mass is 79.9. The van der Waals surface area contributed by atoms with E-state index in [9.17, 15) is 14.7 Å². The molecule has 1 heterocycles. The summed E-state index contributed by atoms with van der Waals surface area (Å²) in [5.41, 5.74) is 5.55. The fraction of sp³-hybridized carbons (Fsp3) is 0.231. The van der Waals surface area contributed by atoms with E-state index in [1.807, 2.05) is 48.5 Å².